The topological polar surface area (TPSA) is 42.0 Å². The highest BCUT2D eigenvalue weighted by molar-refractivity contribution is 9.10. The van der Waals surface area contributed by atoms with E-state index in [1.807, 2.05) is 6.07 Å². The Morgan fingerprint density at radius 2 is 2.47 bits per heavy atom. The van der Waals surface area contributed by atoms with Gasteiger partial charge in [0.25, 0.3) is 0 Å². The SMILES string of the molecule is O=C(CC1CCCN1)c1ccc(Br)cn1. The first-order valence-electron chi connectivity index (χ1n) is 5.14. The van der Waals surface area contributed by atoms with Crippen LogP contribution in [-0.4, -0.2) is 23.4 Å². The first kappa shape index (κ1) is 10.8. The van der Waals surface area contributed by atoms with Gasteiger partial charge in [-0.3, -0.25) is 9.78 Å². The molecule has 0 radical (unpaired) electrons. The van der Waals surface area contributed by atoms with Gasteiger partial charge in [-0.25, -0.2) is 0 Å². The van der Waals surface area contributed by atoms with E-state index in [1.165, 1.54) is 6.42 Å². The Labute approximate surface area is 97.4 Å². The molecule has 0 aliphatic carbocycles. The van der Waals surface area contributed by atoms with Crippen LogP contribution in [0.1, 0.15) is 29.8 Å². The summed E-state index contributed by atoms with van der Waals surface area (Å²) in [5, 5.41) is 3.31. The molecule has 1 unspecified atom stereocenters. The van der Waals surface area contributed by atoms with Gasteiger partial charge >= 0.3 is 0 Å². The first-order chi connectivity index (χ1) is 7.25. The molecule has 15 heavy (non-hydrogen) atoms. The molecule has 0 aromatic carbocycles. The lowest BCUT2D eigenvalue weighted by Gasteiger charge is -2.07. The molecule has 80 valence electrons. The number of nitrogens with one attached hydrogen (secondary N) is 1. The van der Waals surface area contributed by atoms with Crippen LogP contribution in [0.25, 0.3) is 0 Å². The second-order valence-corrected chi connectivity index (χ2v) is 4.70. The number of ketones is 1. The number of hydrogen-bond donors (Lipinski definition) is 1. The van der Waals surface area contributed by atoms with Crippen LogP contribution < -0.4 is 5.32 Å². The molecule has 0 amide bonds. The summed E-state index contributed by atoms with van der Waals surface area (Å²) in [6.45, 7) is 1.03. The lowest BCUT2D eigenvalue weighted by atomic mass is 10.1. The fraction of sp³-hybridized carbons (Fsp3) is 0.455. The normalized spacial score (nSPS) is 20.5. The molecule has 3 nitrogen and oxygen atoms in total. The van der Waals surface area contributed by atoms with Crippen molar-refractivity contribution in [1.29, 1.82) is 0 Å². The zero-order valence-corrected chi connectivity index (χ0v) is 9.96. The molecule has 0 bridgehead atoms. The average Bonchev–Trinajstić information content (AvgIpc) is 2.71. The van der Waals surface area contributed by atoms with Gasteiger partial charge in [-0.1, -0.05) is 0 Å². The van der Waals surface area contributed by atoms with E-state index in [4.69, 9.17) is 0 Å². The zero-order valence-electron chi connectivity index (χ0n) is 8.37. The summed E-state index contributed by atoms with van der Waals surface area (Å²) in [6, 6.07) is 3.96. The predicted octanol–water partition coefficient (Wildman–Crippen LogP) is 2.17. The standard InChI is InChI=1S/C11H13BrN2O/c12-8-3-4-10(14-7-8)11(15)6-9-2-1-5-13-9/h3-4,7,9,13H,1-2,5-6H2. The van der Waals surface area contributed by atoms with Crippen LogP contribution in [0.15, 0.2) is 22.8 Å². The van der Waals surface area contributed by atoms with Gasteiger partial charge in [0.1, 0.15) is 5.69 Å². The Morgan fingerprint density at radius 3 is 3.07 bits per heavy atom. The summed E-state index contributed by atoms with van der Waals surface area (Å²) in [7, 11) is 0. The van der Waals surface area contributed by atoms with Crippen molar-refractivity contribution >= 4 is 21.7 Å². The highest BCUT2D eigenvalue weighted by Crippen LogP contribution is 2.13. The molecule has 4 heteroatoms. The van der Waals surface area contributed by atoms with Gasteiger partial charge in [-0.05, 0) is 47.4 Å². The molecular weight excluding hydrogens is 256 g/mol. The average molecular weight is 269 g/mol. The monoisotopic (exact) mass is 268 g/mol. The molecule has 2 heterocycles. The minimum Gasteiger partial charge on any atom is -0.314 e. The molecule has 1 saturated heterocycles. The Bertz CT molecular complexity index is 344. The predicted molar refractivity (Wildman–Crippen MR) is 61.9 cm³/mol. The van der Waals surface area contributed by atoms with Crippen LogP contribution in [0.4, 0.5) is 0 Å². The Morgan fingerprint density at radius 1 is 1.60 bits per heavy atom. The van der Waals surface area contributed by atoms with Crippen molar-refractivity contribution in [3.8, 4) is 0 Å². The fourth-order valence-electron chi connectivity index (χ4n) is 1.80. The number of nitrogens with zero attached hydrogens (tertiary/aromatic N) is 1. The zero-order chi connectivity index (χ0) is 10.7. The molecule has 1 aliphatic rings. The van der Waals surface area contributed by atoms with Crippen LogP contribution in [0, 0.1) is 0 Å². The molecule has 0 spiro atoms. The highest BCUT2D eigenvalue weighted by Gasteiger charge is 2.18. The van der Waals surface area contributed by atoms with Crippen molar-refractivity contribution in [3.63, 3.8) is 0 Å². The third-order valence-electron chi connectivity index (χ3n) is 2.61. The number of carbonyl (C=O) groups excluding carboxylic acids is 1. The minimum atomic E-state index is 0.127. The molecule has 1 aliphatic heterocycles. The van der Waals surface area contributed by atoms with Gasteiger partial charge in [0.2, 0.25) is 0 Å². The molecule has 1 aromatic heterocycles. The van der Waals surface area contributed by atoms with Crippen molar-refractivity contribution < 1.29 is 4.79 Å². The Kier molecular flexibility index (Phi) is 3.49. The van der Waals surface area contributed by atoms with Crippen LogP contribution in [0.2, 0.25) is 0 Å². The van der Waals surface area contributed by atoms with Crippen LogP contribution in [0.5, 0.6) is 0 Å². The molecule has 1 N–H and O–H groups in total. The number of carbonyl (C=O) groups is 1. The van der Waals surface area contributed by atoms with Gasteiger partial charge in [-0.2, -0.15) is 0 Å². The largest absolute Gasteiger partial charge is 0.314 e. The number of pyridine rings is 1. The maximum atomic E-state index is 11.8. The number of rotatable bonds is 3. The molecular formula is C11H13BrN2O. The second kappa shape index (κ2) is 4.86. The van der Waals surface area contributed by atoms with Gasteiger partial charge in [0.15, 0.2) is 5.78 Å². The third-order valence-corrected chi connectivity index (χ3v) is 3.08. The van der Waals surface area contributed by atoms with E-state index in [1.54, 1.807) is 12.3 Å². The van der Waals surface area contributed by atoms with Gasteiger partial charge in [-0.15, -0.1) is 0 Å². The van der Waals surface area contributed by atoms with Crippen molar-refractivity contribution in [2.24, 2.45) is 0 Å². The third kappa shape index (κ3) is 2.86. The summed E-state index contributed by atoms with van der Waals surface area (Å²) in [4.78, 5) is 15.9. The Balaban J connectivity index is 1.98. The molecule has 1 aromatic rings. The van der Waals surface area contributed by atoms with E-state index in [0.29, 0.717) is 18.2 Å². The molecule has 1 fully saturated rings. The lowest BCUT2D eigenvalue weighted by Crippen LogP contribution is -2.24. The smallest absolute Gasteiger partial charge is 0.182 e. The van der Waals surface area contributed by atoms with E-state index in [9.17, 15) is 4.79 Å². The van der Waals surface area contributed by atoms with E-state index in [-0.39, 0.29) is 5.78 Å². The molecule has 0 saturated carbocycles. The van der Waals surface area contributed by atoms with E-state index in [0.717, 1.165) is 17.4 Å². The van der Waals surface area contributed by atoms with Crippen molar-refractivity contribution in [3.05, 3.63) is 28.5 Å². The van der Waals surface area contributed by atoms with Crippen LogP contribution in [-0.2, 0) is 0 Å². The maximum Gasteiger partial charge on any atom is 0.182 e. The maximum absolute atomic E-state index is 11.8. The van der Waals surface area contributed by atoms with E-state index in [2.05, 4.69) is 26.2 Å². The Hall–Kier alpha value is -0.740. The highest BCUT2D eigenvalue weighted by atomic mass is 79.9. The molecule has 2 rings (SSSR count). The minimum absolute atomic E-state index is 0.127. The fourth-order valence-corrected chi connectivity index (χ4v) is 2.03. The van der Waals surface area contributed by atoms with E-state index >= 15 is 0 Å². The number of aromatic nitrogens is 1. The summed E-state index contributed by atoms with van der Waals surface area (Å²) < 4.78 is 0.901. The van der Waals surface area contributed by atoms with E-state index < -0.39 is 0 Å². The number of halogens is 1. The van der Waals surface area contributed by atoms with Crippen LogP contribution >= 0.6 is 15.9 Å². The summed E-state index contributed by atoms with van der Waals surface area (Å²) in [5.41, 5.74) is 0.562. The van der Waals surface area contributed by atoms with Gasteiger partial charge < -0.3 is 5.32 Å². The van der Waals surface area contributed by atoms with Gasteiger partial charge in [0.05, 0.1) is 0 Å². The quantitative estimate of drug-likeness (QED) is 0.855. The summed E-state index contributed by atoms with van der Waals surface area (Å²) in [6.07, 6.45) is 4.50. The summed E-state index contributed by atoms with van der Waals surface area (Å²) >= 11 is 3.30. The lowest BCUT2D eigenvalue weighted by molar-refractivity contribution is 0.0967. The van der Waals surface area contributed by atoms with Gasteiger partial charge in [0, 0.05) is 23.1 Å². The number of hydrogen-bond acceptors (Lipinski definition) is 3. The first-order valence-corrected chi connectivity index (χ1v) is 5.93. The number of Topliss-reactive ketones (excluding diaryl/α,β-unsaturated/α-hetero) is 1. The second-order valence-electron chi connectivity index (χ2n) is 3.78. The van der Waals surface area contributed by atoms with Crippen molar-refractivity contribution in [1.82, 2.24) is 10.3 Å². The molecule has 1 atom stereocenters. The van der Waals surface area contributed by atoms with Crippen LogP contribution in [0.3, 0.4) is 0 Å². The van der Waals surface area contributed by atoms with Crippen molar-refractivity contribution in [2.75, 3.05) is 6.54 Å². The summed E-state index contributed by atoms with van der Waals surface area (Å²) in [5.74, 6) is 0.127. The van der Waals surface area contributed by atoms with Crippen molar-refractivity contribution in [2.45, 2.75) is 25.3 Å².